The highest BCUT2D eigenvalue weighted by Gasteiger charge is 2.48. The van der Waals surface area contributed by atoms with Crippen LogP contribution in [0.4, 0.5) is 10.1 Å². The average molecular weight is 247 g/mol. The van der Waals surface area contributed by atoms with Crippen molar-refractivity contribution in [2.75, 3.05) is 11.4 Å². The molecular weight excluding hydrogens is 229 g/mol. The van der Waals surface area contributed by atoms with Crippen LogP contribution in [0.2, 0.25) is 0 Å². The minimum Gasteiger partial charge on any atom is -0.312 e. The lowest BCUT2D eigenvalue weighted by molar-refractivity contribution is -0.122. The Hall–Kier alpha value is -1.38. The van der Waals surface area contributed by atoms with Gasteiger partial charge >= 0.3 is 0 Å². The Morgan fingerprint density at radius 1 is 1.22 bits per heavy atom. The van der Waals surface area contributed by atoms with Crippen LogP contribution in [-0.2, 0) is 4.79 Å². The zero-order valence-corrected chi connectivity index (χ0v) is 10.6. The molecule has 18 heavy (non-hydrogen) atoms. The van der Waals surface area contributed by atoms with Crippen LogP contribution >= 0.6 is 0 Å². The molecule has 2 atom stereocenters. The van der Waals surface area contributed by atoms with E-state index in [0.717, 1.165) is 30.4 Å². The third-order valence-corrected chi connectivity index (χ3v) is 4.31. The standard InChI is InChI=1S/C15H18FNO/c1-2-17(14-5-3-13(16)4-6-14)15(18)12-8-10-7-11(10)9-12/h3-6,10-12H,2,7-9H2,1H3. The topological polar surface area (TPSA) is 20.3 Å². The van der Waals surface area contributed by atoms with Crippen molar-refractivity contribution in [2.24, 2.45) is 17.8 Å². The Morgan fingerprint density at radius 3 is 2.39 bits per heavy atom. The molecule has 2 fully saturated rings. The third-order valence-electron chi connectivity index (χ3n) is 4.31. The highest BCUT2D eigenvalue weighted by molar-refractivity contribution is 5.95. The number of hydrogen-bond donors (Lipinski definition) is 0. The molecule has 1 aromatic carbocycles. The van der Waals surface area contributed by atoms with Crippen LogP contribution in [0.5, 0.6) is 0 Å². The van der Waals surface area contributed by atoms with Crippen molar-refractivity contribution in [2.45, 2.75) is 26.2 Å². The molecule has 0 saturated heterocycles. The maximum absolute atomic E-state index is 12.9. The summed E-state index contributed by atoms with van der Waals surface area (Å²) in [6.45, 7) is 2.62. The first kappa shape index (κ1) is 11.7. The first-order valence-electron chi connectivity index (χ1n) is 6.76. The third kappa shape index (κ3) is 2.02. The molecule has 0 N–H and O–H groups in total. The molecule has 0 heterocycles. The van der Waals surface area contributed by atoms with Gasteiger partial charge in [0.25, 0.3) is 0 Å². The molecule has 1 aromatic rings. The molecule has 0 aliphatic heterocycles. The zero-order valence-electron chi connectivity index (χ0n) is 10.6. The van der Waals surface area contributed by atoms with E-state index in [1.807, 2.05) is 6.92 Å². The van der Waals surface area contributed by atoms with Crippen LogP contribution in [-0.4, -0.2) is 12.5 Å². The van der Waals surface area contributed by atoms with Crippen molar-refractivity contribution in [1.82, 2.24) is 0 Å². The van der Waals surface area contributed by atoms with Crippen LogP contribution in [0.3, 0.4) is 0 Å². The summed E-state index contributed by atoms with van der Waals surface area (Å²) in [6, 6.07) is 6.20. The van der Waals surface area contributed by atoms with Gasteiger partial charge in [-0.05, 0) is 62.3 Å². The van der Waals surface area contributed by atoms with Crippen molar-refractivity contribution < 1.29 is 9.18 Å². The summed E-state index contributed by atoms with van der Waals surface area (Å²) in [7, 11) is 0. The molecule has 2 nitrogen and oxygen atoms in total. The van der Waals surface area contributed by atoms with Gasteiger partial charge in [-0.15, -0.1) is 0 Å². The number of carbonyl (C=O) groups excluding carboxylic acids is 1. The van der Waals surface area contributed by atoms with Gasteiger partial charge in [0.15, 0.2) is 0 Å². The fraction of sp³-hybridized carbons (Fsp3) is 0.533. The van der Waals surface area contributed by atoms with Gasteiger partial charge in [0.2, 0.25) is 5.91 Å². The molecule has 2 aliphatic rings. The molecule has 2 aliphatic carbocycles. The quantitative estimate of drug-likeness (QED) is 0.803. The fourth-order valence-corrected chi connectivity index (χ4v) is 3.22. The van der Waals surface area contributed by atoms with Crippen molar-refractivity contribution in [3.8, 4) is 0 Å². The molecule has 2 unspecified atom stereocenters. The second-order valence-corrected chi connectivity index (χ2v) is 5.48. The first-order valence-corrected chi connectivity index (χ1v) is 6.76. The highest BCUT2D eigenvalue weighted by atomic mass is 19.1. The Bertz CT molecular complexity index is 446. The molecular formula is C15H18FNO. The molecule has 1 amide bonds. The van der Waals surface area contributed by atoms with E-state index < -0.39 is 0 Å². The van der Waals surface area contributed by atoms with E-state index in [1.54, 1.807) is 17.0 Å². The summed E-state index contributed by atoms with van der Waals surface area (Å²) >= 11 is 0. The fourth-order valence-electron chi connectivity index (χ4n) is 3.22. The normalized spacial score (nSPS) is 28.9. The number of anilines is 1. The van der Waals surface area contributed by atoms with Crippen LogP contribution in [0.1, 0.15) is 26.2 Å². The Labute approximate surface area is 107 Å². The smallest absolute Gasteiger partial charge is 0.230 e. The minimum atomic E-state index is -0.260. The zero-order chi connectivity index (χ0) is 12.7. The minimum absolute atomic E-state index is 0.193. The number of hydrogen-bond acceptors (Lipinski definition) is 1. The number of rotatable bonds is 3. The van der Waals surface area contributed by atoms with Crippen molar-refractivity contribution in [3.05, 3.63) is 30.1 Å². The number of amides is 1. The molecule has 0 bridgehead atoms. The Kier molecular flexibility index (Phi) is 2.84. The van der Waals surface area contributed by atoms with Gasteiger partial charge in [0.05, 0.1) is 0 Å². The van der Waals surface area contributed by atoms with Crippen molar-refractivity contribution in [1.29, 1.82) is 0 Å². The van der Waals surface area contributed by atoms with E-state index in [1.165, 1.54) is 18.6 Å². The van der Waals surface area contributed by atoms with Gasteiger partial charge in [-0.2, -0.15) is 0 Å². The summed E-state index contributed by atoms with van der Waals surface area (Å²) in [5.41, 5.74) is 0.810. The van der Waals surface area contributed by atoms with Gasteiger partial charge in [-0.3, -0.25) is 4.79 Å². The van der Waals surface area contributed by atoms with E-state index in [2.05, 4.69) is 0 Å². The molecule has 0 radical (unpaired) electrons. The first-order chi connectivity index (χ1) is 8.69. The van der Waals surface area contributed by atoms with Crippen LogP contribution in [0.25, 0.3) is 0 Å². The van der Waals surface area contributed by atoms with Gasteiger partial charge in [-0.1, -0.05) is 0 Å². The lowest BCUT2D eigenvalue weighted by Gasteiger charge is -2.25. The lowest BCUT2D eigenvalue weighted by Crippen LogP contribution is -2.35. The number of benzene rings is 1. The monoisotopic (exact) mass is 247 g/mol. The second kappa shape index (κ2) is 4.38. The van der Waals surface area contributed by atoms with Crippen LogP contribution in [0.15, 0.2) is 24.3 Å². The largest absolute Gasteiger partial charge is 0.312 e. The predicted molar refractivity (Wildman–Crippen MR) is 68.7 cm³/mol. The number of fused-ring (bicyclic) bond motifs is 1. The van der Waals surface area contributed by atoms with Crippen molar-refractivity contribution in [3.63, 3.8) is 0 Å². The van der Waals surface area contributed by atoms with Crippen LogP contribution < -0.4 is 4.90 Å². The summed E-state index contributed by atoms with van der Waals surface area (Å²) in [4.78, 5) is 14.2. The van der Waals surface area contributed by atoms with Crippen molar-refractivity contribution >= 4 is 11.6 Å². The van der Waals surface area contributed by atoms with E-state index in [-0.39, 0.29) is 17.6 Å². The van der Waals surface area contributed by atoms with Gasteiger partial charge < -0.3 is 4.90 Å². The van der Waals surface area contributed by atoms with E-state index in [4.69, 9.17) is 0 Å². The second-order valence-electron chi connectivity index (χ2n) is 5.48. The molecule has 96 valence electrons. The summed E-state index contributed by atoms with van der Waals surface area (Å²) in [5.74, 6) is 1.77. The average Bonchev–Trinajstić information content (AvgIpc) is 2.99. The molecule has 3 heteroatoms. The number of carbonyl (C=O) groups is 1. The van der Waals surface area contributed by atoms with Gasteiger partial charge in [-0.25, -0.2) is 4.39 Å². The van der Waals surface area contributed by atoms with Gasteiger partial charge in [0.1, 0.15) is 5.82 Å². The Balaban J connectivity index is 1.75. The summed E-state index contributed by atoms with van der Waals surface area (Å²) in [5, 5.41) is 0. The van der Waals surface area contributed by atoms with Crippen LogP contribution in [0, 0.1) is 23.6 Å². The summed E-state index contributed by atoms with van der Waals surface area (Å²) < 4.78 is 12.9. The number of nitrogens with zero attached hydrogens (tertiary/aromatic N) is 1. The maximum atomic E-state index is 12.9. The summed E-state index contributed by atoms with van der Waals surface area (Å²) in [6.07, 6.45) is 3.44. The molecule has 2 saturated carbocycles. The lowest BCUT2D eigenvalue weighted by atomic mass is 10.0. The maximum Gasteiger partial charge on any atom is 0.230 e. The van der Waals surface area contributed by atoms with Gasteiger partial charge in [0, 0.05) is 18.2 Å². The van der Waals surface area contributed by atoms with E-state index in [9.17, 15) is 9.18 Å². The number of halogens is 1. The Morgan fingerprint density at radius 2 is 1.83 bits per heavy atom. The molecule has 3 rings (SSSR count). The highest BCUT2D eigenvalue weighted by Crippen LogP contribution is 2.54. The van der Waals surface area contributed by atoms with E-state index in [0.29, 0.717) is 6.54 Å². The molecule has 0 aromatic heterocycles. The van der Waals surface area contributed by atoms with E-state index >= 15 is 0 Å². The molecule has 0 spiro atoms. The SMILES string of the molecule is CCN(C(=O)C1CC2CC2C1)c1ccc(F)cc1. The predicted octanol–water partition coefficient (Wildman–Crippen LogP) is 3.22.